The minimum atomic E-state index is -0.403. The molecular weight excluding hydrogens is 274 g/mol. The first-order valence-electron chi connectivity index (χ1n) is 7.11. The maximum atomic E-state index is 11.7. The fraction of sp³-hybridized carbons (Fsp3) is 0.600. The van der Waals surface area contributed by atoms with Crippen molar-refractivity contribution in [3.8, 4) is 0 Å². The summed E-state index contributed by atoms with van der Waals surface area (Å²) in [5, 5.41) is 0. The van der Waals surface area contributed by atoms with Gasteiger partial charge in [-0.25, -0.2) is 4.79 Å². The molecule has 1 aromatic rings. The van der Waals surface area contributed by atoms with Gasteiger partial charge in [0.1, 0.15) is 11.3 Å². The van der Waals surface area contributed by atoms with Crippen molar-refractivity contribution in [3.05, 3.63) is 23.7 Å². The van der Waals surface area contributed by atoms with Crippen LogP contribution in [0.1, 0.15) is 41.8 Å². The molecule has 1 saturated heterocycles. The molecule has 2 heterocycles. The lowest BCUT2D eigenvalue weighted by molar-refractivity contribution is -0.142. The summed E-state index contributed by atoms with van der Waals surface area (Å²) >= 11 is 0. The highest BCUT2D eigenvalue weighted by molar-refractivity contribution is 5.90. The second-order valence-corrected chi connectivity index (χ2v) is 5.15. The SMILES string of the molecule is COC(=O)CC1CCCCN1Cc1occc1C(=O)OC. The molecule has 0 radical (unpaired) electrons. The first-order valence-corrected chi connectivity index (χ1v) is 7.11. The van der Waals surface area contributed by atoms with Crippen LogP contribution in [0.25, 0.3) is 0 Å². The van der Waals surface area contributed by atoms with E-state index in [9.17, 15) is 9.59 Å². The summed E-state index contributed by atoms with van der Waals surface area (Å²) in [5.74, 6) is -0.0292. The van der Waals surface area contributed by atoms with Gasteiger partial charge < -0.3 is 13.9 Å². The van der Waals surface area contributed by atoms with Crippen molar-refractivity contribution in [3.63, 3.8) is 0 Å². The Kier molecular flexibility index (Phi) is 5.38. The zero-order chi connectivity index (χ0) is 15.2. The van der Waals surface area contributed by atoms with Crippen LogP contribution in [0.4, 0.5) is 0 Å². The van der Waals surface area contributed by atoms with Gasteiger partial charge in [-0.2, -0.15) is 0 Å². The summed E-state index contributed by atoms with van der Waals surface area (Å²) in [7, 11) is 2.75. The van der Waals surface area contributed by atoms with Crippen LogP contribution in [0.2, 0.25) is 0 Å². The molecule has 1 unspecified atom stereocenters. The Morgan fingerprint density at radius 2 is 2.14 bits per heavy atom. The van der Waals surface area contributed by atoms with Crippen molar-refractivity contribution in [2.24, 2.45) is 0 Å². The Balaban J connectivity index is 2.07. The van der Waals surface area contributed by atoms with E-state index >= 15 is 0 Å². The average Bonchev–Trinajstić information content (AvgIpc) is 2.96. The molecule has 1 aromatic heterocycles. The standard InChI is InChI=1S/C15H21NO5/c1-19-14(17)9-11-5-3-4-7-16(11)10-13-12(6-8-21-13)15(18)20-2/h6,8,11H,3-5,7,9-10H2,1-2H3. The number of nitrogens with zero attached hydrogens (tertiary/aromatic N) is 1. The summed E-state index contributed by atoms with van der Waals surface area (Å²) in [6.07, 6.45) is 4.97. The van der Waals surface area contributed by atoms with Crippen LogP contribution >= 0.6 is 0 Å². The van der Waals surface area contributed by atoms with Gasteiger partial charge in [-0.05, 0) is 25.5 Å². The van der Waals surface area contributed by atoms with Crippen LogP contribution in [-0.2, 0) is 20.8 Å². The van der Waals surface area contributed by atoms with Gasteiger partial charge in [0.15, 0.2) is 0 Å². The summed E-state index contributed by atoms with van der Waals surface area (Å²) < 4.78 is 14.9. The van der Waals surface area contributed by atoms with Crippen molar-refractivity contribution in [2.45, 2.75) is 38.3 Å². The number of piperidine rings is 1. The molecular formula is C15H21NO5. The van der Waals surface area contributed by atoms with Gasteiger partial charge in [0.05, 0.1) is 33.4 Å². The fourth-order valence-corrected chi connectivity index (χ4v) is 2.71. The predicted octanol–water partition coefficient (Wildman–Crippen LogP) is 1.98. The van der Waals surface area contributed by atoms with Gasteiger partial charge in [-0.1, -0.05) is 6.42 Å². The molecule has 0 spiro atoms. The molecule has 1 aliphatic rings. The average molecular weight is 295 g/mol. The van der Waals surface area contributed by atoms with E-state index in [4.69, 9.17) is 13.9 Å². The Bertz CT molecular complexity index is 496. The van der Waals surface area contributed by atoms with Crippen molar-refractivity contribution in [2.75, 3.05) is 20.8 Å². The van der Waals surface area contributed by atoms with Crippen LogP contribution in [0.3, 0.4) is 0 Å². The molecule has 6 heteroatoms. The molecule has 0 aromatic carbocycles. The van der Waals surface area contributed by atoms with Crippen molar-refractivity contribution in [1.82, 2.24) is 4.90 Å². The van der Waals surface area contributed by atoms with Crippen molar-refractivity contribution < 1.29 is 23.5 Å². The number of esters is 2. The highest BCUT2D eigenvalue weighted by Gasteiger charge is 2.27. The van der Waals surface area contributed by atoms with Gasteiger partial charge in [0, 0.05) is 6.04 Å². The molecule has 0 amide bonds. The Morgan fingerprint density at radius 1 is 1.33 bits per heavy atom. The third-order valence-corrected chi connectivity index (χ3v) is 3.88. The maximum absolute atomic E-state index is 11.7. The third-order valence-electron chi connectivity index (χ3n) is 3.88. The lowest BCUT2D eigenvalue weighted by Gasteiger charge is -2.34. The first-order chi connectivity index (χ1) is 10.2. The van der Waals surface area contributed by atoms with E-state index in [-0.39, 0.29) is 12.0 Å². The van der Waals surface area contributed by atoms with Gasteiger partial charge >= 0.3 is 11.9 Å². The summed E-state index contributed by atoms with van der Waals surface area (Å²) in [4.78, 5) is 25.3. The predicted molar refractivity (Wildman–Crippen MR) is 74.7 cm³/mol. The number of ether oxygens (including phenoxy) is 2. The van der Waals surface area contributed by atoms with Gasteiger partial charge in [0.2, 0.25) is 0 Å². The second kappa shape index (κ2) is 7.26. The molecule has 1 atom stereocenters. The third kappa shape index (κ3) is 3.85. The zero-order valence-electron chi connectivity index (χ0n) is 12.5. The van der Waals surface area contributed by atoms with Gasteiger partial charge in [0.25, 0.3) is 0 Å². The Labute approximate surface area is 124 Å². The molecule has 1 aliphatic heterocycles. The number of methoxy groups -OCH3 is 2. The van der Waals surface area contributed by atoms with Crippen LogP contribution < -0.4 is 0 Å². The zero-order valence-corrected chi connectivity index (χ0v) is 12.5. The molecule has 6 nitrogen and oxygen atoms in total. The normalized spacial score (nSPS) is 19.2. The van der Waals surface area contributed by atoms with Crippen LogP contribution in [-0.4, -0.2) is 43.6 Å². The highest BCUT2D eigenvalue weighted by atomic mass is 16.5. The van der Waals surface area contributed by atoms with E-state index < -0.39 is 5.97 Å². The van der Waals surface area contributed by atoms with Crippen LogP contribution in [0.5, 0.6) is 0 Å². The smallest absolute Gasteiger partial charge is 0.341 e. The summed E-state index contributed by atoms with van der Waals surface area (Å²) in [5.41, 5.74) is 0.444. The number of furan rings is 1. The van der Waals surface area contributed by atoms with Gasteiger partial charge in [-0.3, -0.25) is 9.69 Å². The molecule has 0 N–H and O–H groups in total. The van der Waals surface area contributed by atoms with E-state index in [1.54, 1.807) is 6.07 Å². The van der Waals surface area contributed by atoms with E-state index in [1.165, 1.54) is 20.5 Å². The molecule has 2 rings (SSSR count). The van der Waals surface area contributed by atoms with E-state index in [0.29, 0.717) is 24.3 Å². The highest BCUT2D eigenvalue weighted by Crippen LogP contribution is 2.24. The number of likely N-dealkylation sites (tertiary alicyclic amines) is 1. The molecule has 21 heavy (non-hydrogen) atoms. The molecule has 0 bridgehead atoms. The minimum Gasteiger partial charge on any atom is -0.469 e. The first kappa shape index (κ1) is 15.6. The minimum absolute atomic E-state index is 0.127. The topological polar surface area (TPSA) is 69.0 Å². The van der Waals surface area contributed by atoms with Gasteiger partial charge in [-0.15, -0.1) is 0 Å². The maximum Gasteiger partial charge on any atom is 0.341 e. The number of carbonyl (C=O) groups excluding carboxylic acids is 2. The lowest BCUT2D eigenvalue weighted by Crippen LogP contribution is -2.40. The second-order valence-electron chi connectivity index (χ2n) is 5.15. The largest absolute Gasteiger partial charge is 0.469 e. The quantitative estimate of drug-likeness (QED) is 0.774. The monoisotopic (exact) mass is 295 g/mol. The van der Waals surface area contributed by atoms with E-state index in [1.807, 2.05) is 0 Å². The number of rotatable bonds is 5. The molecule has 0 saturated carbocycles. The molecule has 1 fully saturated rings. The Hall–Kier alpha value is -1.82. The number of hydrogen-bond acceptors (Lipinski definition) is 6. The van der Waals surface area contributed by atoms with Crippen molar-refractivity contribution >= 4 is 11.9 Å². The summed E-state index contributed by atoms with van der Waals surface area (Å²) in [6, 6.07) is 1.74. The molecule has 116 valence electrons. The van der Waals surface area contributed by atoms with Crippen molar-refractivity contribution in [1.29, 1.82) is 0 Å². The number of carbonyl (C=O) groups is 2. The summed E-state index contributed by atoms with van der Waals surface area (Å²) in [6.45, 7) is 1.38. The van der Waals surface area contributed by atoms with Crippen LogP contribution in [0, 0.1) is 0 Å². The van der Waals surface area contributed by atoms with E-state index in [0.717, 1.165) is 25.8 Å². The number of hydrogen-bond donors (Lipinski definition) is 0. The lowest BCUT2D eigenvalue weighted by atomic mass is 9.99. The fourth-order valence-electron chi connectivity index (χ4n) is 2.71. The Morgan fingerprint density at radius 3 is 2.86 bits per heavy atom. The van der Waals surface area contributed by atoms with Crippen LogP contribution in [0.15, 0.2) is 16.7 Å². The molecule has 0 aliphatic carbocycles. The van der Waals surface area contributed by atoms with E-state index in [2.05, 4.69) is 4.90 Å².